The Kier molecular flexibility index (Phi) is 5.63. The molecule has 0 radical (unpaired) electrons. The summed E-state index contributed by atoms with van der Waals surface area (Å²) in [6.07, 6.45) is 3.27. The number of rotatable bonds is 5. The number of hydrogen-bond donors (Lipinski definition) is 0. The lowest BCUT2D eigenvalue weighted by Crippen LogP contribution is -2.30. The van der Waals surface area contributed by atoms with E-state index >= 15 is 0 Å². The van der Waals surface area contributed by atoms with Crippen LogP contribution >= 0.6 is 34.5 Å². The molecule has 10 heteroatoms. The Morgan fingerprint density at radius 3 is 2.73 bits per heavy atom. The summed E-state index contributed by atoms with van der Waals surface area (Å²) in [6, 6.07) is 12.6. The molecule has 150 valence electrons. The molecule has 0 fully saturated rings. The largest absolute Gasteiger partial charge is 0.279 e. The van der Waals surface area contributed by atoms with Crippen molar-refractivity contribution in [3.8, 4) is 0 Å². The number of pyridine rings is 1. The molecule has 0 saturated heterocycles. The molecule has 0 aliphatic rings. The van der Waals surface area contributed by atoms with Crippen LogP contribution in [0.1, 0.15) is 15.9 Å². The maximum absolute atomic E-state index is 13.4. The van der Waals surface area contributed by atoms with E-state index in [4.69, 9.17) is 23.2 Å². The number of carbonyl (C=O) groups is 1. The smallest absolute Gasteiger partial charge is 0.270 e. The van der Waals surface area contributed by atoms with Crippen LogP contribution in [0.25, 0.3) is 10.2 Å². The number of halogens is 2. The van der Waals surface area contributed by atoms with Gasteiger partial charge in [-0.15, -0.1) is 0 Å². The molecule has 0 spiro atoms. The van der Waals surface area contributed by atoms with Crippen LogP contribution in [-0.2, 0) is 6.54 Å². The first kappa shape index (κ1) is 20.2. The molecule has 2 aromatic heterocycles. The Balaban J connectivity index is 1.81. The number of thiazole rings is 1. The minimum atomic E-state index is -0.571. The zero-order valence-electron chi connectivity index (χ0n) is 15.2. The molecule has 0 N–H and O–H groups in total. The average Bonchev–Trinajstić information content (AvgIpc) is 3.15. The van der Waals surface area contributed by atoms with Gasteiger partial charge in [-0.05, 0) is 35.9 Å². The van der Waals surface area contributed by atoms with Crippen molar-refractivity contribution in [2.45, 2.75) is 6.54 Å². The molecule has 4 aromatic rings. The number of anilines is 1. The second kappa shape index (κ2) is 8.35. The molecule has 0 atom stereocenters. The minimum absolute atomic E-state index is 0.0204. The first-order valence-electron chi connectivity index (χ1n) is 8.63. The molecular weight excluding hydrogens is 447 g/mol. The summed E-state index contributed by atoms with van der Waals surface area (Å²) >= 11 is 13.6. The molecule has 0 saturated carbocycles. The number of aromatic nitrogens is 2. The fraction of sp³-hybridized carbons (Fsp3) is 0.0500. The van der Waals surface area contributed by atoms with E-state index < -0.39 is 10.8 Å². The summed E-state index contributed by atoms with van der Waals surface area (Å²) in [4.78, 5) is 34.1. The monoisotopic (exact) mass is 458 g/mol. The molecule has 0 aliphatic carbocycles. The second-order valence-corrected chi connectivity index (χ2v) is 8.14. The molecule has 7 nitrogen and oxygen atoms in total. The molecule has 1 amide bonds. The summed E-state index contributed by atoms with van der Waals surface area (Å²) in [5.74, 6) is -0.502. The first-order valence-corrected chi connectivity index (χ1v) is 10.2. The molecule has 0 unspecified atom stereocenters. The highest BCUT2D eigenvalue weighted by molar-refractivity contribution is 7.22. The van der Waals surface area contributed by atoms with Crippen LogP contribution in [0.5, 0.6) is 0 Å². The van der Waals surface area contributed by atoms with Crippen molar-refractivity contribution < 1.29 is 9.72 Å². The van der Waals surface area contributed by atoms with E-state index in [0.717, 1.165) is 10.3 Å². The van der Waals surface area contributed by atoms with Crippen LogP contribution in [-0.4, -0.2) is 20.8 Å². The van der Waals surface area contributed by atoms with Gasteiger partial charge in [-0.2, -0.15) is 0 Å². The SMILES string of the molecule is O=C(c1cc([N+](=O)[O-])ccc1Cl)N(Cc1cccnc1)c1nc2ccc(Cl)cc2s1. The average molecular weight is 459 g/mol. The first-order chi connectivity index (χ1) is 14.4. The lowest BCUT2D eigenvalue weighted by atomic mass is 10.1. The summed E-state index contributed by atoms with van der Waals surface area (Å²) in [5.41, 5.74) is 1.26. The van der Waals surface area contributed by atoms with Gasteiger partial charge in [0.25, 0.3) is 11.6 Å². The van der Waals surface area contributed by atoms with E-state index in [1.807, 2.05) is 6.07 Å². The summed E-state index contributed by atoms with van der Waals surface area (Å²) in [6.45, 7) is 0.166. The van der Waals surface area contributed by atoms with Gasteiger partial charge in [0.1, 0.15) is 0 Å². The lowest BCUT2D eigenvalue weighted by Gasteiger charge is -2.20. The van der Waals surface area contributed by atoms with Crippen LogP contribution in [0.4, 0.5) is 10.8 Å². The van der Waals surface area contributed by atoms with Crippen molar-refractivity contribution in [1.82, 2.24) is 9.97 Å². The standard InChI is InChI=1S/C20H12Cl2N4O3S/c21-13-3-6-17-18(8-13)30-20(24-17)25(11-12-2-1-7-23-10-12)19(27)15-9-14(26(28)29)4-5-16(15)22/h1-10H,11H2. The van der Waals surface area contributed by atoms with Crippen LogP contribution in [0.3, 0.4) is 0 Å². The fourth-order valence-corrected chi connectivity index (χ4v) is 4.28. The van der Waals surface area contributed by atoms with Gasteiger partial charge in [0, 0.05) is 29.5 Å². The fourth-order valence-electron chi connectivity index (χ4n) is 2.84. The Morgan fingerprint density at radius 1 is 1.17 bits per heavy atom. The zero-order valence-corrected chi connectivity index (χ0v) is 17.5. The summed E-state index contributed by atoms with van der Waals surface area (Å²) in [5, 5.41) is 12.3. The van der Waals surface area contributed by atoms with Gasteiger partial charge in [0.15, 0.2) is 5.13 Å². The molecule has 2 aromatic carbocycles. The molecular formula is C20H12Cl2N4O3S. The predicted molar refractivity (Wildman–Crippen MR) is 117 cm³/mol. The highest BCUT2D eigenvalue weighted by Gasteiger charge is 2.25. The number of amides is 1. The van der Waals surface area contributed by atoms with Crippen LogP contribution in [0.2, 0.25) is 10.0 Å². The maximum Gasteiger partial charge on any atom is 0.270 e. The molecule has 4 rings (SSSR count). The third-order valence-electron chi connectivity index (χ3n) is 4.27. The van der Waals surface area contributed by atoms with Crippen LogP contribution in [0.15, 0.2) is 60.9 Å². The number of nitrogens with zero attached hydrogens (tertiary/aromatic N) is 4. The van der Waals surface area contributed by atoms with Crippen molar-refractivity contribution in [2.24, 2.45) is 0 Å². The number of benzene rings is 2. The van der Waals surface area contributed by atoms with Gasteiger partial charge in [0.05, 0.1) is 32.3 Å². The van der Waals surface area contributed by atoms with Crippen LogP contribution in [0, 0.1) is 10.1 Å². The van der Waals surface area contributed by atoms with E-state index in [-0.39, 0.29) is 22.8 Å². The third kappa shape index (κ3) is 4.11. The summed E-state index contributed by atoms with van der Waals surface area (Å²) < 4.78 is 0.812. The Labute approximate surface area is 184 Å². The van der Waals surface area contributed by atoms with Gasteiger partial charge in [-0.25, -0.2) is 4.98 Å². The van der Waals surface area contributed by atoms with E-state index in [2.05, 4.69) is 9.97 Å². The number of non-ortho nitro benzene ring substituents is 1. The van der Waals surface area contributed by atoms with Gasteiger partial charge >= 0.3 is 0 Å². The summed E-state index contributed by atoms with van der Waals surface area (Å²) in [7, 11) is 0. The quantitative estimate of drug-likeness (QED) is 0.280. The number of nitro benzene ring substituents is 1. The zero-order chi connectivity index (χ0) is 21.3. The van der Waals surface area contributed by atoms with E-state index in [1.54, 1.807) is 36.7 Å². The van der Waals surface area contributed by atoms with Gasteiger partial charge in [-0.1, -0.05) is 40.6 Å². The van der Waals surface area contributed by atoms with Crippen molar-refractivity contribution in [2.75, 3.05) is 4.90 Å². The van der Waals surface area contributed by atoms with Crippen molar-refractivity contribution in [1.29, 1.82) is 0 Å². The minimum Gasteiger partial charge on any atom is -0.279 e. The van der Waals surface area contributed by atoms with E-state index in [1.165, 1.54) is 34.4 Å². The van der Waals surface area contributed by atoms with Crippen molar-refractivity contribution >= 4 is 61.5 Å². The lowest BCUT2D eigenvalue weighted by molar-refractivity contribution is -0.384. The molecule has 0 aliphatic heterocycles. The molecule has 30 heavy (non-hydrogen) atoms. The maximum atomic E-state index is 13.4. The Bertz CT molecular complexity index is 1260. The van der Waals surface area contributed by atoms with Gasteiger partial charge in [-0.3, -0.25) is 24.8 Å². The van der Waals surface area contributed by atoms with E-state index in [9.17, 15) is 14.9 Å². The van der Waals surface area contributed by atoms with Gasteiger partial charge < -0.3 is 0 Å². The third-order valence-corrected chi connectivity index (χ3v) is 5.88. The van der Waals surface area contributed by atoms with Crippen LogP contribution < -0.4 is 4.90 Å². The number of fused-ring (bicyclic) bond motifs is 1. The molecule has 2 heterocycles. The normalized spacial score (nSPS) is 10.9. The second-order valence-electron chi connectivity index (χ2n) is 6.28. The Hall–Kier alpha value is -3.07. The highest BCUT2D eigenvalue weighted by atomic mass is 35.5. The number of hydrogen-bond acceptors (Lipinski definition) is 6. The molecule has 0 bridgehead atoms. The number of carbonyl (C=O) groups excluding carboxylic acids is 1. The van der Waals surface area contributed by atoms with E-state index in [0.29, 0.717) is 15.7 Å². The highest BCUT2D eigenvalue weighted by Crippen LogP contribution is 2.33. The predicted octanol–water partition coefficient (Wildman–Crippen LogP) is 5.75. The van der Waals surface area contributed by atoms with Gasteiger partial charge in [0.2, 0.25) is 0 Å². The van der Waals surface area contributed by atoms with Crippen molar-refractivity contribution in [3.63, 3.8) is 0 Å². The number of nitro groups is 1. The topological polar surface area (TPSA) is 89.2 Å². The Morgan fingerprint density at radius 2 is 2.00 bits per heavy atom. The van der Waals surface area contributed by atoms with Crippen molar-refractivity contribution in [3.05, 3.63) is 92.2 Å².